The Morgan fingerprint density at radius 3 is 3.00 bits per heavy atom. The monoisotopic (exact) mass is 274 g/mol. The van der Waals surface area contributed by atoms with E-state index in [1.165, 1.54) is 24.0 Å². The number of amides is 2. The summed E-state index contributed by atoms with van der Waals surface area (Å²) in [5.41, 5.74) is 3.62. The van der Waals surface area contributed by atoms with Gasteiger partial charge in [-0.2, -0.15) is 0 Å². The summed E-state index contributed by atoms with van der Waals surface area (Å²) in [6.07, 6.45) is 6.48. The molecule has 0 radical (unpaired) electrons. The van der Waals surface area contributed by atoms with Gasteiger partial charge < -0.3 is 15.3 Å². The molecule has 4 heteroatoms. The van der Waals surface area contributed by atoms with Gasteiger partial charge in [0.15, 0.2) is 0 Å². The van der Waals surface area contributed by atoms with Gasteiger partial charge in [0.25, 0.3) is 0 Å². The van der Waals surface area contributed by atoms with Gasteiger partial charge in [0.05, 0.1) is 12.6 Å². The van der Waals surface area contributed by atoms with Crippen molar-refractivity contribution in [2.45, 2.75) is 44.6 Å². The fraction of sp³-hybridized carbons (Fsp3) is 0.562. The van der Waals surface area contributed by atoms with E-state index in [-0.39, 0.29) is 18.7 Å². The average molecular weight is 274 g/mol. The SMILES string of the molecule is O=C(Nc1cccc2c1CCCC2)N1CCC[C@H]1CO. The lowest BCUT2D eigenvalue weighted by Crippen LogP contribution is -2.40. The van der Waals surface area contributed by atoms with Gasteiger partial charge >= 0.3 is 6.03 Å². The van der Waals surface area contributed by atoms with E-state index in [0.29, 0.717) is 0 Å². The van der Waals surface area contributed by atoms with Crippen LogP contribution in [0.5, 0.6) is 0 Å². The summed E-state index contributed by atoms with van der Waals surface area (Å²) < 4.78 is 0. The Bertz CT molecular complexity index is 501. The number of carbonyl (C=O) groups excluding carboxylic acids is 1. The van der Waals surface area contributed by atoms with E-state index in [2.05, 4.69) is 11.4 Å². The number of nitrogens with one attached hydrogen (secondary N) is 1. The van der Waals surface area contributed by atoms with Crippen molar-refractivity contribution in [2.24, 2.45) is 0 Å². The number of carbonyl (C=O) groups is 1. The smallest absolute Gasteiger partial charge is 0.322 e. The molecule has 1 heterocycles. The Morgan fingerprint density at radius 2 is 2.15 bits per heavy atom. The first-order valence-corrected chi connectivity index (χ1v) is 7.59. The van der Waals surface area contributed by atoms with Crippen LogP contribution in [0.2, 0.25) is 0 Å². The Balaban J connectivity index is 1.76. The van der Waals surface area contributed by atoms with Crippen LogP contribution in [-0.4, -0.2) is 35.2 Å². The van der Waals surface area contributed by atoms with Crippen molar-refractivity contribution in [2.75, 3.05) is 18.5 Å². The van der Waals surface area contributed by atoms with Crippen LogP contribution in [0.4, 0.5) is 10.5 Å². The third-order valence-corrected chi connectivity index (χ3v) is 4.49. The predicted molar refractivity (Wildman–Crippen MR) is 78.9 cm³/mol. The molecule has 108 valence electrons. The second-order valence-corrected chi connectivity index (χ2v) is 5.75. The molecular formula is C16H22N2O2. The number of fused-ring (bicyclic) bond motifs is 1. The third-order valence-electron chi connectivity index (χ3n) is 4.49. The molecule has 2 aliphatic rings. The number of aliphatic hydroxyl groups is 1. The number of aliphatic hydroxyl groups excluding tert-OH is 1. The van der Waals surface area contributed by atoms with Crippen LogP contribution in [0.15, 0.2) is 18.2 Å². The second kappa shape index (κ2) is 5.83. The predicted octanol–water partition coefficient (Wildman–Crippen LogP) is 2.55. The zero-order chi connectivity index (χ0) is 13.9. The van der Waals surface area contributed by atoms with Crippen LogP contribution in [-0.2, 0) is 12.8 Å². The van der Waals surface area contributed by atoms with Crippen molar-refractivity contribution >= 4 is 11.7 Å². The summed E-state index contributed by atoms with van der Waals surface area (Å²) >= 11 is 0. The Labute approximate surface area is 119 Å². The van der Waals surface area contributed by atoms with E-state index in [4.69, 9.17) is 0 Å². The van der Waals surface area contributed by atoms with E-state index >= 15 is 0 Å². The first kappa shape index (κ1) is 13.4. The molecule has 0 bridgehead atoms. The lowest BCUT2D eigenvalue weighted by atomic mass is 9.90. The Hall–Kier alpha value is -1.55. The first-order chi connectivity index (χ1) is 9.79. The number of anilines is 1. The fourth-order valence-electron chi connectivity index (χ4n) is 3.38. The molecule has 1 aliphatic carbocycles. The summed E-state index contributed by atoms with van der Waals surface area (Å²) in [6.45, 7) is 0.798. The Morgan fingerprint density at radius 1 is 1.30 bits per heavy atom. The molecule has 20 heavy (non-hydrogen) atoms. The topological polar surface area (TPSA) is 52.6 Å². The van der Waals surface area contributed by atoms with E-state index in [9.17, 15) is 9.90 Å². The van der Waals surface area contributed by atoms with Crippen LogP contribution < -0.4 is 5.32 Å². The van der Waals surface area contributed by atoms with Crippen LogP contribution in [0.1, 0.15) is 36.8 Å². The van der Waals surface area contributed by atoms with Crippen molar-refractivity contribution in [3.63, 3.8) is 0 Å². The lowest BCUT2D eigenvalue weighted by Gasteiger charge is -2.25. The van der Waals surface area contributed by atoms with Gasteiger partial charge in [-0.1, -0.05) is 12.1 Å². The summed E-state index contributed by atoms with van der Waals surface area (Å²) in [4.78, 5) is 14.1. The van der Waals surface area contributed by atoms with Gasteiger partial charge in [-0.05, 0) is 55.7 Å². The van der Waals surface area contributed by atoms with Crippen LogP contribution >= 0.6 is 0 Å². The van der Waals surface area contributed by atoms with E-state index in [0.717, 1.165) is 37.9 Å². The molecule has 0 saturated carbocycles. The maximum absolute atomic E-state index is 12.4. The first-order valence-electron chi connectivity index (χ1n) is 7.59. The molecule has 1 aromatic carbocycles. The van der Waals surface area contributed by atoms with Crippen LogP contribution in [0.3, 0.4) is 0 Å². The molecule has 1 aliphatic heterocycles. The van der Waals surface area contributed by atoms with Crippen LogP contribution in [0, 0.1) is 0 Å². The van der Waals surface area contributed by atoms with Gasteiger partial charge in [0.1, 0.15) is 0 Å². The fourth-order valence-corrected chi connectivity index (χ4v) is 3.38. The van der Waals surface area contributed by atoms with Gasteiger partial charge in [0, 0.05) is 12.2 Å². The molecule has 1 saturated heterocycles. The minimum Gasteiger partial charge on any atom is -0.394 e. The highest BCUT2D eigenvalue weighted by Gasteiger charge is 2.28. The number of rotatable bonds is 2. The molecule has 2 N–H and O–H groups in total. The highest BCUT2D eigenvalue weighted by atomic mass is 16.3. The highest BCUT2D eigenvalue weighted by Crippen LogP contribution is 2.28. The van der Waals surface area contributed by atoms with E-state index < -0.39 is 0 Å². The summed E-state index contributed by atoms with van der Waals surface area (Å²) in [6, 6.07) is 6.09. The van der Waals surface area contributed by atoms with Crippen molar-refractivity contribution in [3.05, 3.63) is 29.3 Å². The molecule has 0 spiro atoms. The van der Waals surface area contributed by atoms with Gasteiger partial charge in [-0.15, -0.1) is 0 Å². The molecule has 1 aromatic rings. The number of likely N-dealkylation sites (tertiary alicyclic amines) is 1. The number of nitrogens with zero attached hydrogens (tertiary/aromatic N) is 1. The molecular weight excluding hydrogens is 252 g/mol. The molecule has 1 atom stereocenters. The zero-order valence-corrected chi connectivity index (χ0v) is 11.8. The zero-order valence-electron chi connectivity index (χ0n) is 11.8. The molecule has 3 rings (SSSR count). The lowest BCUT2D eigenvalue weighted by molar-refractivity contribution is 0.166. The number of aryl methyl sites for hydroxylation is 1. The van der Waals surface area contributed by atoms with Gasteiger partial charge in [-0.25, -0.2) is 4.79 Å². The second-order valence-electron chi connectivity index (χ2n) is 5.75. The van der Waals surface area contributed by atoms with Gasteiger partial charge in [-0.3, -0.25) is 0 Å². The molecule has 0 unspecified atom stereocenters. The van der Waals surface area contributed by atoms with Gasteiger partial charge in [0.2, 0.25) is 0 Å². The molecule has 0 aromatic heterocycles. The van der Waals surface area contributed by atoms with Crippen molar-refractivity contribution in [3.8, 4) is 0 Å². The minimum absolute atomic E-state index is 0.0189. The van der Waals surface area contributed by atoms with Crippen molar-refractivity contribution in [1.82, 2.24) is 4.90 Å². The molecule has 1 fully saturated rings. The van der Waals surface area contributed by atoms with Crippen LogP contribution in [0.25, 0.3) is 0 Å². The highest BCUT2D eigenvalue weighted by molar-refractivity contribution is 5.90. The average Bonchev–Trinajstić information content (AvgIpc) is 2.96. The number of hydrogen-bond acceptors (Lipinski definition) is 2. The maximum atomic E-state index is 12.4. The Kier molecular flexibility index (Phi) is 3.92. The number of urea groups is 1. The summed E-state index contributed by atoms with van der Waals surface area (Å²) in [5, 5.41) is 12.4. The van der Waals surface area contributed by atoms with E-state index in [1.807, 2.05) is 12.1 Å². The third kappa shape index (κ3) is 2.52. The van der Waals surface area contributed by atoms with Crippen molar-refractivity contribution in [1.29, 1.82) is 0 Å². The standard InChI is InChI=1S/C16H22N2O2/c19-11-13-7-4-10-18(13)16(20)17-15-9-3-6-12-5-1-2-8-14(12)15/h3,6,9,13,19H,1-2,4-5,7-8,10-11H2,(H,17,20)/t13-/m0/s1. The quantitative estimate of drug-likeness (QED) is 0.871. The summed E-state index contributed by atoms with van der Waals surface area (Å²) in [7, 11) is 0. The number of hydrogen-bond donors (Lipinski definition) is 2. The number of benzene rings is 1. The largest absolute Gasteiger partial charge is 0.394 e. The minimum atomic E-state index is -0.0690. The summed E-state index contributed by atoms with van der Waals surface area (Å²) in [5.74, 6) is 0. The molecule has 2 amide bonds. The normalized spacial score (nSPS) is 21.6. The maximum Gasteiger partial charge on any atom is 0.322 e. The van der Waals surface area contributed by atoms with E-state index in [1.54, 1.807) is 4.90 Å². The van der Waals surface area contributed by atoms with Crippen molar-refractivity contribution < 1.29 is 9.90 Å². The molecule has 4 nitrogen and oxygen atoms in total.